The topological polar surface area (TPSA) is 47.5 Å². The van der Waals surface area contributed by atoms with Gasteiger partial charge in [-0.1, -0.05) is 0 Å². The summed E-state index contributed by atoms with van der Waals surface area (Å²) in [6, 6.07) is 0. The molecular formula is C14H22BN3O2. The summed E-state index contributed by atoms with van der Waals surface area (Å²) < 4.78 is 12.0. The highest BCUT2D eigenvalue weighted by molar-refractivity contribution is 6.61. The fraction of sp³-hybridized carbons (Fsp3) is 0.714. The standard InChI is InChI=1S/C14H22BN3O2/c1-13(2)14(3,4)20-15(19-13)11-9-16-10-12(17-11)18-7-5-6-8-18/h9-10H,5-8H2,1-4H3. The highest BCUT2D eigenvalue weighted by atomic mass is 16.7. The SMILES string of the molecule is CC1(C)OB(c2cncc(N3CCCC3)n2)OC1(C)C. The maximum atomic E-state index is 6.02. The smallest absolute Gasteiger partial charge is 0.398 e. The van der Waals surface area contributed by atoms with Crippen molar-refractivity contribution < 1.29 is 9.31 Å². The van der Waals surface area contributed by atoms with Crippen molar-refractivity contribution in [2.75, 3.05) is 18.0 Å². The minimum absolute atomic E-state index is 0.344. The van der Waals surface area contributed by atoms with Gasteiger partial charge in [-0.25, -0.2) is 4.98 Å². The van der Waals surface area contributed by atoms with Crippen molar-refractivity contribution in [1.29, 1.82) is 0 Å². The van der Waals surface area contributed by atoms with E-state index >= 15 is 0 Å². The van der Waals surface area contributed by atoms with E-state index in [0.29, 0.717) is 0 Å². The fourth-order valence-electron chi connectivity index (χ4n) is 2.55. The van der Waals surface area contributed by atoms with Crippen LogP contribution in [0.25, 0.3) is 0 Å². The van der Waals surface area contributed by atoms with E-state index < -0.39 is 7.12 Å². The largest absolute Gasteiger partial charge is 0.516 e. The third kappa shape index (κ3) is 2.31. The first-order valence-corrected chi connectivity index (χ1v) is 7.32. The quantitative estimate of drug-likeness (QED) is 0.763. The van der Waals surface area contributed by atoms with Gasteiger partial charge < -0.3 is 14.2 Å². The van der Waals surface area contributed by atoms with Gasteiger partial charge in [0.15, 0.2) is 0 Å². The van der Waals surface area contributed by atoms with Crippen LogP contribution in [0.3, 0.4) is 0 Å². The van der Waals surface area contributed by atoms with Crippen LogP contribution in [0.15, 0.2) is 12.4 Å². The van der Waals surface area contributed by atoms with E-state index in [1.165, 1.54) is 12.8 Å². The lowest BCUT2D eigenvalue weighted by Gasteiger charge is -2.32. The van der Waals surface area contributed by atoms with E-state index in [-0.39, 0.29) is 11.2 Å². The highest BCUT2D eigenvalue weighted by Crippen LogP contribution is 2.36. The van der Waals surface area contributed by atoms with Gasteiger partial charge in [-0.15, -0.1) is 0 Å². The number of rotatable bonds is 2. The fourth-order valence-corrected chi connectivity index (χ4v) is 2.55. The van der Waals surface area contributed by atoms with Crippen molar-refractivity contribution in [3.63, 3.8) is 0 Å². The molecule has 3 rings (SSSR count). The van der Waals surface area contributed by atoms with E-state index in [1.54, 1.807) is 6.20 Å². The average Bonchev–Trinajstić information content (AvgIpc) is 2.97. The van der Waals surface area contributed by atoms with Gasteiger partial charge >= 0.3 is 7.12 Å². The molecule has 20 heavy (non-hydrogen) atoms. The van der Waals surface area contributed by atoms with Crippen LogP contribution in [0, 0.1) is 0 Å². The molecule has 5 nitrogen and oxygen atoms in total. The van der Waals surface area contributed by atoms with Crippen LogP contribution in [0.4, 0.5) is 5.82 Å². The van der Waals surface area contributed by atoms with Crippen LogP contribution in [0.5, 0.6) is 0 Å². The summed E-state index contributed by atoms with van der Waals surface area (Å²) in [6.45, 7) is 10.3. The molecule has 0 N–H and O–H groups in total. The Bertz CT molecular complexity index is 485. The molecule has 2 aliphatic heterocycles. The molecule has 0 amide bonds. The summed E-state index contributed by atoms with van der Waals surface area (Å²) in [5, 5.41) is 0. The summed E-state index contributed by atoms with van der Waals surface area (Å²) in [5.41, 5.74) is 0.0690. The van der Waals surface area contributed by atoms with Crippen LogP contribution < -0.4 is 10.5 Å². The molecule has 108 valence electrons. The number of hydrogen-bond acceptors (Lipinski definition) is 5. The summed E-state index contributed by atoms with van der Waals surface area (Å²) >= 11 is 0. The van der Waals surface area contributed by atoms with E-state index in [9.17, 15) is 0 Å². The van der Waals surface area contributed by atoms with Crippen LogP contribution >= 0.6 is 0 Å². The van der Waals surface area contributed by atoms with Gasteiger partial charge in [0.05, 0.1) is 23.0 Å². The average molecular weight is 275 g/mol. The molecular weight excluding hydrogens is 253 g/mol. The minimum Gasteiger partial charge on any atom is -0.398 e. The Morgan fingerprint density at radius 1 is 1.05 bits per heavy atom. The molecule has 3 heterocycles. The van der Waals surface area contributed by atoms with Gasteiger partial charge in [-0.2, -0.15) is 0 Å². The molecule has 0 unspecified atom stereocenters. The molecule has 2 fully saturated rings. The van der Waals surface area contributed by atoms with Crippen molar-refractivity contribution >= 4 is 18.5 Å². The maximum absolute atomic E-state index is 6.02. The Labute approximate surface area is 120 Å². The monoisotopic (exact) mass is 275 g/mol. The van der Waals surface area contributed by atoms with E-state index in [1.807, 2.05) is 33.9 Å². The molecule has 0 aliphatic carbocycles. The first kappa shape index (κ1) is 13.8. The normalized spacial score (nSPS) is 24.4. The second-order valence-electron chi connectivity index (χ2n) is 6.58. The Morgan fingerprint density at radius 3 is 2.25 bits per heavy atom. The predicted octanol–water partition coefficient (Wildman–Crippen LogP) is 1.38. The van der Waals surface area contributed by atoms with Crippen LogP contribution in [0.1, 0.15) is 40.5 Å². The van der Waals surface area contributed by atoms with Crippen molar-refractivity contribution in [2.24, 2.45) is 0 Å². The first-order chi connectivity index (χ1) is 9.39. The zero-order valence-corrected chi connectivity index (χ0v) is 12.7. The second kappa shape index (κ2) is 4.70. The molecule has 2 saturated heterocycles. The third-order valence-corrected chi connectivity index (χ3v) is 4.57. The van der Waals surface area contributed by atoms with Crippen LogP contribution in [0.2, 0.25) is 0 Å². The third-order valence-electron chi connectivity index (χ3n) is 4.57. The van der Waals surface area contributed by atoms with Crippen molar-refractivity contribution in [2.45, 2.75) is 51.7 Å². The lowest BCUT2D eigenvalue weighted by molar-refractivity contribution is 0.00578. The Kier molecular flexibility index (Phi) is 3.25. The first-order valence-electron chi connectivity index (χ1n) is 7.32. The van der Waals surface area contributed by atoms with Crippen molar-refractivity contribution in [3.8, 4) is 0 Å². The molecule has 0 radical (unpaired) electrons. The Balaban J connectivity index is 1.83. The summed E-state index contributed by atoms with van der Waals surface area (Å²) in [4.78, 5) is 11.3. The molecule has 1 aromatic heterocycles. The van der Waals surface area contributed by atoms with Gasteiger partial charge in [0.25, 0.3) is 0 Å². The Hall–Kier alpha value is -1.14. The van der Waals surface area contributed by atoms with E-state index in [4.69, 9.17) is 9.31 Å². The van der Waals surface area contributed by atoms with Gasteiger partial charge in [0.1, 0.15) is 5.82 Å². The summed E-state index contributed by atoms with van der Waals surface area (Å²) in [6.07, 6.45) is 6.01. The molecule has 0 spiro atoms. The predicted molar refractivity (Wildman–Crippen MR) is 79.2 cm³/mol. The van der Waals surface area contributed by atoms with E-state index in [0.717, 1.165) is 24.5 Å². The maximum Gasteiger partial charge on any atom is 0.516 e. The zero-order chi connectivity index (χ0) is 14.4. The number of aromatic nitrogens is 2. The number of hydrogen-bond donors (Lipinski definition) is 0. The molecule has 6 heteroatoms. The van der Waals surface area contributed by atoms with E-state index in [2.05, 4.69) is 14.9 Å². The van der Waals surface area contributed by atoms with Gasteiger partial charge in [0.2, 0.25) is 0 Å². The lowest BCUT2D eigenvalue weighted by atomic mass is 9.85. The van der Waals surface area contributed by atoms with Gasteiger partial charge in [-0.3, -0.25) is 4.98 Å². The minimum atomic E-state index is -0.435. The number of nitrogens with zero attached hydrogens (tertiary/aromatic N) is 3. The molecule has 0 aromatic carbocycles. The van der Waals surface area contributed by atoms with Gasteiger partial charge in [-0.05, 0) is 40.5 Å². The summed E-state index contributed by atoms with van der Waals surface area (Å²) in [5.74, 6) is 0.926. The molecule has 0 saturated carbocycles. The highest BCUT2D eigenvalue weighted by Gasteiger charge is 2.52. The number of anilines is 1. The zero-order valence-electron chi connectivity index (χ0n) is 12.7. The van der Waals surface area contributed by atoms with Crippen molar-refractivity contribution in [3.05, 3.63) is 12.4 Å². The second-order valence-corrected chi connectivity index (χ2v) is 6.58. The molecule has 2 aliphatic rings. The molecule has 0 atom stereocenters. The molecule has 1 aromatic rings. The van der Waals surface area contributed by atoms with Crippen LogP contribution in [-0.4, -0.2) is 41.4 Å². The summed E-state index contributed by atoms with van der Waals surface area (Å²) in [7, 11) is -0.435. The molecule has 0 bridgehead atoms. The Morgan fingerprint density at radius 2 is 1.65 bits per heavy atom. The van der Waals surface area contributed by atoms with Crippen LogP contribution in [-0.2, 0) is 9.31 Å². The van der Waals surface area contributed by atoms with Crippen molar-refractivity contribution in [1.82, 2.24) is 9.97 Å². The lowest BCUT2D eigenvalue weighted by Crippen LogP contribution is -2.41. The van der Waals surface area contributed by atoms with Gasteiger partial charge in [0, 0.05) is 19.3 Å².